The molecule has 1 atom stereocenters. The number of likely N-dealkylation sites (N-methyl/N-ethyl adjacent to an activating group) is 1. The number of hydrogen-bond acceptors (Lipinski definition) is 4. The first-order chi connectivity index (χ1) is 11.6. The van der Waals surface area contributed by atoms with E-state index in [4.69, 9.17) is 0 Å². The minimum atomic E-state index is -0.398. The first-order valence-electron chi connectivity index (χ1n) is 7.86. The molecule has 0 bridgehead atoms. The SMILES string of the molecule is C[C@H](Nc1nc(-c2ccccc2)c2ccccc2n1)C(=O)N(C)C. The molecule has 0 aliphatic heterocycles. The van der Waals surface area contributed by atoms with Crippen molar-refractivity contribution in [3.8, 4) is 11.3 Å². The third-order valence-corrected chi connectivity index (χ3v) is 3.81. The molecule has 0 unspecified atom stereocenters. The van der Waals surface area contributed by atoms with Crippen LogP contribution in [0, 0.1) is 0 Å². The van der Waals surface area contributed by atoms with Crippen molar-refractivity contribution in [1.29, 1.82) is 0 Å². The monoisotopic (exact) mass is 320 g/mol. The van der Waals surface area contributed by atoms with Crippen LogP contribution in [0.2, 0.25) is 0 Å². The predicted molar refractivity (Wildman–Crippen MR) is 96.8 cm³/mol. The Morgan fingerprint density at radius 1 is 1.00 bits per heavy atom. The molecule has 5 heteroatoms. The molecule has 1 heterocycles. The van der Waals surface area contributed by atoms with E-state index in [-0.39, 0.29) is 5.91 Å². The number of fused-ring (bicyclic) bond motifs is 1. The fraction of sp³-hybridized carbons (Fsp3) is 0.211. The second-order valence-corrected chi connectivity index (χ2v) is 5.88. The van der Waals surface area contributed by atoms with Crippen molar-refractivity contribution in [2.24, 2.45) is 0 Å². The number of rotatable bonds is 4. The van der Waals surface area contributed by atoms with E-state index >= 15 is 0 Å². The van der Waals surface area contributed by atoms with Crippen LogP contribution < -0.4 is 5.32 Å². The summed E-state index contributed by atoms with van der Waals surface area (Å²) in [6, 6.07) is 17.5. The second kappa shape index (κ2) is 6.66. The van der Waals surface area contributed by atoms with Gasteiger partial charge in [-0.2, -0.15) is 0 Å². The lowest BCUT2D eigenvalue weighted by Gasteiger charge is -2.18. The minimum Gasteiger partial charge on any atom is -0.347 e. The number of hydrogen-bond donors (Lipinski definition) is 1. The summed E-state index contributed by atoms with van der Waals surface area (Å²) in [6.45, 7) is 1.81. The Morgan fingerprint density at radius 2 is 1.67 bits per heavy atom. The summed E-state index contributed by atoms with van der Waals surface area (Å²) in [4.78, 5) is 22.8. The summed E-state index contributed by atoms with van der Waals surface area (Å²) in [6.07, 6.45) is 0. The van der Waals surface area contributed by atoms with Gasteiger partial charge in [0, 0.05) is 25.0 Å². The maximum Gasteiger partial charge on any atom is 0.244 e. The van der Waals surface area contributed by atoms with Crippen molar-refractivity contribution in [2.45, 2.75) is 13.0 Å². The Morgan fingerprint density at radius 3 is 2.38 bits per heavy atom. The summed E-state index contributed by atoms with van der Waals surface area (Å²) in [5.74, 6) is 0.434. The molecule has 5 nitrogen and oxygen atoms in total. The van der Waals surface area contributed by atoms with E-state index in [0.29, 0.717) is 5.95 Å². The molecule has 0 aliphatic carbocycles. The molecule has 0 spiro atoms. The van der Waals surface area contributed by atoms with Gasteiger partial charge < -0.3 is 10.2 Å². The number of nitrogens with zero attached hydrogens (tertiary/aromatic N) is 3. The van der Waals surface area contributed by atoms with E-state index in [0.717, 1.165) is 22.2 Å². The summed E-state index contributed by atoms with van der Waals surface area (Å²) in [5.41, 5.74) is 2.72. The van der Waals surface area contributed by atoms with Gasteiger partial charge in [-0.05, 0) is 13.0 Å². The Bertz CT molecular complexity index is 862. The lowest BCUT2D eigenvalue weighted by atomic mass is 10.1. The highest BCUT2D eigenvalue weighted by Gasteiger charge is 2.17. The van der Waals surface area contributed by atoms with Crippen molar-refractivity contribution in [3.05, 3.63) is 54.6 Å². The number of carbonyl (C=O) groups is 1. The van der Waals surface area contributed by atoms with Crippen molar-refractivity contribution >= 4 is 22.8 Å². The number of carbonyl (C=O) groups excluding carboxylic acids is 1. The minimum absolute atomic E-state index is 0.0204. The highest BCUT2D eigenvalue weighted by Crippen LogP contribution is 2.27. The van der Waals surface area contributed by atoms with E-state index in [9.17, 15) is 4.79 Å². The highest BCUT2D eigenvalue weighted by molar-refractivity contribution is 5.93. The Hall–Kier alpha value is -2.95. The summed E-state index contributed by atoms with van der Waals surface area (Å²) in [7, 11) is 3.47. The number of benzene rings is 2. The maximum atomic E-state index is 12.1. The van der Waals surface area contributed by atoms with Crippen LogP contribution >= 0.6 is 0 Å². The van der Waals surface area contributed by atoms with Gasteiger partial charge in [0.15, 0.2) is 0 Å². The van der Waals surface area contributed by atoms with Crippen molar-refractivity contribution < 1.29 is 4.79 Å². The van der Waals surface area contributed by atoms with Gasteiger partial charge in [0.25, 0.3) is 0 Å². The molecule has 0 aliphatic rings. The number of aromatic nitrogens is 2. The van der Waals surface area contributed by atoms with Crippen LogP contribution in [-0.2, 0) is 4.79 Å². The van der Waals surface area contributed by atoms with Crippen LogP contribution in [0.15, 0.2) is 54.6 Å². The van der Waals surface area contributed by atoms with Crippen LogP contribution in [0.4, 0.5) is 5.95 Å². The Balaban J connectivity index is 2.06. The number of anilines is 1. The molecule has 0 radical (unpaired) electrons. The molecule has 0 saturated carbocycles. The summed E-state index contributed by atoms with van der Waals surface area (Å²) < 4.78 is 0. The largest absolute Gasteiger partial charge is 0.347 e. The normalized spacial score (nSPS) is 12.0. The fourth-order valence-corrected chi connectivity index (χ4v) is 2.60. The van der Waals surface area contributed by atoms with Gasteiger partial charge in [-0.3, -0.25) is 4.79 Å². The van der Waals surface area contributed by atoms with Crippen LogP contribution in [0.5, 0.6) is 0 Å². The molecular weight excluding hydrogens is 300 g/mol. The quantitative estimate of drug-likeness (QED) is 0.802. The van der Waals surface area contributed by atoms with Gasteiger partial charge in [-0.1, -0.05) is 48.5 Å². The molecule has 3 aromatic rings. The Labute approximate surface area is 141 Å². The van der Waals surface area contributed by atoms with Gasteiger partial charge >= 0.3 is 0 Å². The lowest BCUT2D eigenvalue weighted by Crippen LogP contribution is -2.37. The first-order valence-corrected chi connectivity index (χ1v) is 7.86. The molecule has 2 aromatic carbocycles. The van der Waals surface area contributed by atoms with E-state index < -0.39 is 6.04 Å². The summed E-state index contributed by atoms with van der Waals surface area (Å²) in [5, 5.41) is 4.10. The van der Waals surface area contributed by atoms with Gasteiger partial charge in [-0.15, -0.1) is 0 Å². The lowest BCUT2D eigenvalue weighted by molar-refractivity contribution is -0.129. The molecule has 1 N–H and O–H groups in total. The third kappa shape index (κ3) is 3.20. The number of amides is 1. The molecular formula is C19H20N4O. The first kappa shape index (κ1) is 15.9. The number of para-hydroxylation sites is 1. The fourth-order valence-electron chi connectivity index (χ4n) is 2.60. The van der Waals surface area contributed by atoms with Crippen LogP contribution in [0.25, 0.3) is 22.2 Å². The van der Waals surface area contributed by atoms with E-state index in [1.165, 1.54) is 0 Å². The molecule has 24 heavy (non-hydrogen) atoms. The topological polar surface area (TPSA) is 58.1 Å². The zero-order valence-electron chi connectivity index (χ0n) is 14.0. The van der Waals surface area contributed by atoms with E-state index in [1.54, 1.807) is 19.0 Å². The number of nitrogens with one attached hydrogen (secondary N) is 1. The average molecular weight is 320 g/mol. The van der Waals surface area contributed by atoms with Crippen LogP contribution in [-0.4, -0.2) is 40.9 Å². The van der Waals surface area contributed by atoms with Crippen LogP contribution in [0.3, 0.4) is 0 Å². The molecule has 3 rings (SSSR count). The zero-order valence-corrected chi connectivity index (χ0v) is 14.0. The van der Waals surface area contributed by atoms with Crippen molar-refractivity contribution in [2.75, 3.05) is 19.4 Å². The highest BCUT2D eigenvalue weighted by atomic mass is 16.2. The standard InChI is InChI=1S/C19H20N4O/c1-13(18(24)23(2)3)20-19-21-16-12-8-7-11-15(16)17(22-19)14-9-5-4-6-10-14/h4-13H,1-3H3,(H,20,21,22)/t13-/m0/s1. The molecule has 0 saturated heterocycles. The average Bonchev–Trinajstić information content (AvgIpc) is 2.61. The van der Waals surface area contributed by atoms with Gasteiger partial charge in [0.2, 0.25) is 11.9 Å². The van der Waals surface area contributed by atoms with E-state index in [2.05, 4.69) is 15.3 Å². The molecule has 1 amide bonds. The predicted octanol–water partition coefficient (Wildman–Crippen LogP) is 3.19. The molecule has 0 fully saturated rings. The van der Waals surface area contributed by atoms with Gasteiger partial charge in [0.05, 0.1) is 11.2 Å². The Kier molecular flexibility index (Phi) is 4.42. The maximum absolute atomic E-state index is 12.1. The molecule has 1 aromatic heterocycles. The second-order valence-electron chi connectivity index (χ2n) is 5.88. The van der Waals surface area contributed by atoms with Gasteiger partial charge in [-0.25, -0.2) is 9.97 Å². The smallest absolute Gasteiger partial charge is 0.244 e. The molecule has 122 valence electrons. The van der Waals surface area contributed by atoms with Crippen LogP contribution in [0.1, 0.15) is 6.92 Å². The van der Waals surface area contributed by atoms with Gasteiger partial charge in [0.1, 0.15) is 6.04 Å². The van der Waals surface area contributed by atoms with Crippen molar-refractivity contribution in [3.63, 3.8) is 0 Å². The van der Waals surface area contributed by atoms with Crippen molar-refractivity contribution in [1.82, 2.24) is 14.9 Å². The summed E-state index contributed by atoms with van der Waals surface area (Å²) >= 11 is 0. The zero-order chi connectivity index (χ0) is 17.1. The van der Waals surface area contributed by atoms with E-state index in [1.807, 2.05) is 61.5 Å². The third-order valence-electron chi connectivity index (χ3n) is 3.81.